The summed E-state index contributed by atoms with van der Waals surface area (Å²) >= 11 is 0. The van der Waals surface area contributed by atoms with Crippen LogP contribution in [0.25, 0.3) is 0 Å². The van der Waals surface area contributed by atoms with E-state index in [4.69, 9.17) is 0 Å². The topological polar surface area (TPSA) is 76.2 Å². The van der Waals surface area contributed by atoms with Crippen molar-refractivity contribution in [3.8, 4) is 0 Å². The van der Waals surface area contributed by atoms with Gasteiger partial charge in [0.2, 0.25) is 15.9 Å². The van der Waals surface area contributed by atoms with Crippen molar-refractivity contribution in [2.75, 3.05) is 79.0 Å². The standard InChI is InChI=1S/C21H33F2N5O3S/c1-25-13-15-26(16-14-25)8-2-9-28(10-5-21(29)27-11-6-24-7-12-27)32(30,31)18-3-4-19(22)20(23)17-18/h3-4,17,24H,2,5-16H2,1H3. The lowest BCUT2D eigenvalue weighted by Gasteiger charge is -2.33. The van der Waals surface area contributed by atoms with Gasteiger partial charge in [-0.3, -0.25) is 4.79 Å². The van der Waals surface area contributed by atoms with E-state index in [1.54, 1.807) is 4.90 Å². The molecule has 0 unspecified atom stereocenters. The number of benzene rings is 1. The molecule has 180 valence electrons. The molecule has 11 heteroatoms. The van der Waals surface area contributed by atoms with E-state index in [-0.39, 0.29) is 30.3 Å². The first-order chi connectivity index (χ1) is 15.3. The molecule has 2 heterocycles. The number of piperazine rings is 2. The van der Waals surface area contributed by atoms with E-state index in [0.29, 0.717) is 38.7 Å². The molecule has 0 aromatic heterocycles. The van der Waals surface area contributed by atoms with E-state index in [0.717, 1.165) is 44.9 Å². The lowest BCUT2D eigenvalue weighted by Crippen LogP contribution is -2.47. The Morgan fingerprint density at radius 1 is 1.03 bits per heavy atom. The molecule has 0 aliphatic carbocycles. The molecule has 0 spiro atoms. The first-order valence-corrected chi connectivity index (χ1v) is 12.6. The van der Waals surface area contributed by atoms with Crippen LogP contribution in [0.4, 0.5) is 8.78 Å². The fourth-order valence-electron chi connectivity index (χ4n) is 3.97. The molecule has 0 radical (unpaired) electrons. The Bertz CT molecular complexity index is 872. The number of rotatable bonds is 9. The van der Waals surface area contributed by atoms with Crippen LogP contribution < -0.4 is 5.32 Å². The Labute approximate surface area is 189 Å². The molecule has 0 atom stereocenters. The molecule has 0 saturated carbocycles. The second-order valence-corrected chi connectivity index (χ2v) is 10.3. The molecule has 2 fully saturated rings. The highest BCUT2D eigenvalue weighted by Crippen LogP contribution is 2.20. The molecule has 8 nitrogen and oxygen atoms in total. The van der Waals surface area contributed by atoms with Crippen molar-refractivity contribution in [1.82, 2.24) is 24.3 Å². The zero-order valence-corrected chi connectivity index (χ0v) is 19.4. The number of nitrogens with one attached hydrogen (secondary N) is 1. The van der Waals surface area contributed by atoms with E-state index in [9.17, 15) is 22.0 Å². The van der Waals surface area contributed by atoms with Gasteiger partial charge in [0, 0.05) is 71.9 Å². The molecule has 2 saturated heterocycles. The first kappa shape index (κ1) is 25.0. The lowest BCUT2D eigenvalue weighted by atomic mass is 10.3. The van der Waals surface area contributed by atoms with Crippen molar-refractivity contribution in [2.24, 2.45) is 0 Å². The van der Waals surface area contributed by atoms with Crippen molar-refractivity contribution < 1.29 is 22.0 Å². The van der Waals surface area contributed by atoms with Gasteiger partial charge in [0.1, 0.15) is 0 Å². The summed E-state index contributed by atoms with van der Waals surface area (Å²) in [6.45, 7) is 7.37. The molecule has 1 amide bonds. The highest BCUT2D eigenvalue weighted by atomic mass is 32.2. The lowest BCUT2D eigenvalue weighted by molar-refractivity contribution is -0.131. The summed E-state index contributed by atoms with van der Waals surface area (Å²) in [6.07, 6.45) is 0.645. The third-order valence-electron chi connectivity index (χ3n) is 6.05. The third-order valence-corrected chi connectivity index (χ3v) is 7.95. The average molecular weight is 474 g/mol. The Kier molecular flexibility index (Phi) is 8.95. The van der Waals surface area contributed by atoms with Gasteiger partial charge in [0.25, 0.3) is 0 Å². The second kappa shape index (κ2) is 11.5. The van der Waals surface area contributed by atoms with E-state index in [1.165, 1.54) is 4.31 Å². The first-order valence-electron chi connectivity index (χ1n) is 11.1. The fourth-order valence-corrected chi connectivity index (χ4v) is 5.47. The Hall–Kier alpha value is -1.66. The van der Waals surface area contributed by atoms with Crippen molar-refractivity contribution in [2.45, 2.75) is 17.7 Å². The van der Waals surface area contributed by atoms with Gasteiger partial charge in [-0.1, -0.05) is 0 Å². The molecule has 32 heavy (non-hydrogen) atoms. The number of likely N-dealkylation sites (N-methyl/N-ethyl adjacent to an activating group) is 1. The van der Waals surface area contributed by atoms with Crippen LogP contribution in [0.1, 0.15) is 12.8 Å². The zero-order valence-electron chi connectivity index (χ0n) is 18.6. The van der Waals surface area contributed by atoms with Crippen molar-refractivity contribution in [3.05, 3.63) is 29.8 Å². The summed E-state index contributed by atoms with van der Waals surface area (Å²) in [7, 11) is -1.99. The van der Waals surface area contributed by atoms with Gasteiger partial charge in [-0.25, -0.2) is 17.2 Å². The SMILES string of the molecule is CN1CCN(CCCN(CCC(=O)N2CCNCC2)S(=O)(=O)c2ccc(F)c(F)c2)CC1. The summed E-state index contributed by atoms with van der Waals surface area (Å²) < 4.78 is 54.7. The minimum atomic E-state index is -4.06. The number of halogens is 2. The van der Waals surface area contributed by atoms with Gasteiger partial charge in [0.15, 0.2) is 11.6 Å². The number of carbonyl (C=O) groups is 1. The molecule has 2 aliphatic heterocycles. The van der Waals surface area contributed by atoms with Crippen molar-refractivity contribution in [1.29, 1.82) is 0 Å². The summed E-state index contributed by atoms with van der Waals surface area (Å²) in [4.78, 5) is 18.5. The monoisotopic (exact) mass is 473 g/mol. The average Bonchev–Trinajstić information content (AvgIpc) is 2.79. The van der Waals surface area contributed by atoms with Crippen LogP contribution in [0.5, 0.6) is 0 Å². The van der Waals surface area contributed by atoms with Gasteiger partial charge in [-0.05, 0) is 38.2 Å². The highest BCUT2D eigenvalue weighted by Gasteiger charge is 2.27. The smallest absolute Gasteiger partial charge is 0.243 e. The maximum atomic E-state index is 13.7. The van der Waals surface area contributed by atoms with Gasteiger partial charge in [0.05, 0.1) is 4.90 Å². The minimum absolute atomic E-state index is 0.00677. The molecule has 1 aromatic carbocycles. The molecular formula is C21H33F2N5O3S. The van der Waals surface area contributed by atoms with E-state index in [2.05, 4.69) is 22.2 Å². The predicted molar refractivity (Wildman–Crippen MR) is 118 cm³/mol. The summed E-state index contributed by atoms with van der Waals surface area (Å²) in [5.41, 5.74) is 0. The Balaban J connectivity index is 1.66. The van der Waals surface area contributed by atoms with E-state index >= 15 is 0 Å². The van der Waals surface area contributed by atoms with E-state index in [1.807, 2.05) is 0 Å². The maximum absolute atomic E-state index is 13.7. The summed E-state index contributed by atoms with van der Waals surface area (Å²) in [5, 5.41) is 3.18. The van der Waals surface area contributed by atoms with Gasteiger partial charge < -0.3 is 20.0 Å². The zero-order chi connectivity index (χ0) is 23.1. The largest absolute Gasteiger partial charge is 0.340 e. The van der Waals surface area contributed by atoms with Crippen LogP contribution in [-0.2, 0) is 14.8 Å². The van der Waals surface area contributed by atoms with Crippen molar-refractivity contribution in [3.63, 3.8) is 0 Å². The van der Waals surface area contributed by atoms with Crippen LogP contribution in [-0.4, -0.2) is 112 Å². The number of hydrogen-bond acceptors (Lipinski definition) is 6. The minimum Gasteiger partial charge on any atom is -0.340 e. The van der Waals surface area contributed by atoms with Crippen LogP contribution in [0.3, 0.4) is 0 Å². The van der Waals surface area contributed by atoms with Gasteiger partial charge >= 0.3 is 0 Å². The van der Waals surface area contributed by atoms with Crippen LogP contribution in [0, 0.1) is 11.6 Å². The van der Waals surface area contributed by atoms with Gasteiger partial charge in [-0.15, -0.1) is 0 Å². The number of carbonyl (C=O) groups excluding carboxylic acids is 1. The molecule has 0 bridgehead atoms. The Morgan fingerprint density at radius 2 is 1.72 bits per heavy atom. The van der Waals surface area contributed by atoms with Gasteiger partial charge in [-0.2, -0.15) is 4.31 Å². The molecule has 3 rings (SSSR count). The number of nitrogens with zero attached hydrogens (tertiary/aromatic N) is 4. The predicted octanol–water partition coefficient (Wildman–Crippen LogP) is 0.415. The van der Waals surface area contributed by atoms with Crippen LogP contribution in [0.15, 0.2) is 23.1 Å². The number of sulfonamides is 1. The normalized spacial score (nSPS) is 18.9. The fraction of sp³-hybridized carbons (Fsp3) is 0.667. The second-order valence-electron chi connectivity index (χ2n) is 8.36. The van der Waals surface area contributed by atoms with E-state index < -0.39 is 21.7 Å². The quantitative estimate of drug-likeness (QED) is 0.560. The molecule has 1 aromatic rings. The Morgan fingerprint density at radius 3 is 2.38 bits per heavy atom. The van der Waals surface area contributed by atoms with Crippen molar-refractivity contribution >= 4 is 15.9 Å². The molecule has 2 aliphatic rings. The molecule has 1 N–H and O–H groups in total. The van der Waals surface area contributed by atoms with Crippen LogP contribution >= 0.6 is 0 Å². The highest BCUT2D eigenvalue weighted by molar-refractivity contribution is 7.89. The third kappa shape index (κ3) is 6.67. The maximum Gasteiger partial charge on any atom is 0.243 e. The summed E-state index contributed by atoms with van der Waals surface area (Å²) in [6, 6.07) is 2.59. The van der Waals surface area contributed by atoms with Crippen LogP contribution in [0.2, 0.25) is 0 Å². The molecular weight excluding hydrogens is 440 g/mol. The number of hydrogen-bond donors (Lipinski definition) is 1. The summed E-state index contributed by atoms with van der Waals surface area (Å²) in [5.74, 6) is -2.41. The number of amides is 1.